The molecule has 5 heteroatoms. The van der Waals surface area contributed by atoms with Crippen molar-refractivity contribution in [1.82, 2.24) is 10.1 Å². The van der Waals surface area contributed by atoms with Crippen molar-refractivity contribution in [3.8, 4) is 0 Å². The van der Waals surface area contributed by atoms with Gasteiger partial charge in [0, 0.05) is 5.92 Å². The summed E-state index contributed by atoms with van der Waals surface area (Å²) in [5.41, 5.74) is -0.870. The molecule has 1 aromatic rings. The van der Waals surface area contributed by atoms with Crippen molar-refractivity contribution in [2.45, 2.75) is 51.4 Å². The lowest BCUT2D eigenvalue weighted by atomic mass is 9.85. The Morgan fingerprint density at radius 2 is 2.24 bits per heavy atom. The molecule has 1 saturated carbocycles. The molecule has 0 atom stereocenters. The highest BCUT2D eigenvalue weighted by Crippen LogP contribution is 2.35. The molecular weight excluding hydrogens is 220 g/mol. The molecule has 2 rings (SSSR count). The number of rotatable bonds is 4. The first-order chi connectivity index (χ1) is 8.05. The van der Waals surface area contributed by atoms with E-state index in [0.717, 1.165) is 18.7 Å². The predicted octanol–water partition coefficient (Wildman–Crippen LogP) is 2.18. The zero-order chi connectivity index (χ0) is 12.5. The minimum atomic E-state index is -0.870. The molecule has 0 bridgehead atoms. The van der Waals surface area contributed by atoms with Gasteiger partial charge in [-0.1, -0.05) is 11.6 Å². The Morgan fingerprint density at radius 3 is 2.76 bits per heavy atom. The van der Waals surface area contributed by atoms with Gasteiger partial charge in [-0.3, -0.25) is 4.79 Å². The van der Waals surface area contributed by atoms with Crippen LogP contribution in [0, 0.1) is 0 Å². The van der Waals surface area contributed by atoms with Crippen LogP contribution in [0.1, 0.15) is 57.7 Å². The van der Waals surface area contributed by atoms with E-state index in [9.17, 15) is 4.79 Å². The van der Waals surface area contributed by atoms with Gasteiger partial charge in [-0.05, 0) is 33.6 Å². The summed E-state index contributed by atoms with van der Waals surface area (Å²) in [6.07, 6.45) is 3.44. The van der Waals surface area contributed by atoms with Crippen molar-refractivity contribution in [3.63, 3.8) is 0 Å². The number of hydrogen-bond acceptors (Lipinski definition) is 5. The molecular formula is C12H18N2O3. The van der Waals surface area contributed by atoms with Gasteiger partial charge in [0.05, 0.1) is 6.61 Å². The van der Waals surface area contributed by atoms with Crippen LogP contribution in [0.2, 0.25) is 0 Å². The van der Waals surface area contributed by atoms with E-state index in [1.165, 1.54) is 6.42 Å². The van der Waals surface area contributed by atoms with Gasteiger partial charge in [-0.15, -0.1) is 0 Å². The van der Waals surface area contributed by atoms with Crippen LogP contribution >= 0.6 is 0 Å². The van der Waals surface area contributed by atoms with Crippen LogP contribution in [0.15, 0.2) is 4.52 Å². The predicted molar refractivity (Wildman–Crippen MR) is 60.5 cm³/mol. The fourth-order valence-electron chi connectivity index (χ4n) is 1.72. The van der Waals surface area contributed by atoms with E-state index < -0.39 is 5.41 Å². The van der Waals surface area contributed by atoms with E-state index in [0.29, 0.717) is 18.4 Å². The van der Waals surface area contributed by atoms with Crippen molar-refractivity contribution in [2.24, 2.45) is 0 Å². The molecule has 0 spiro atoms. The normalized spacial score (nSPS) is 16.6. The second-order valence-electron chi connectivity index (χ2n) is 4.93. The smallest absolute Gasteiger partial charge is 0.321 e. The first kappa shape index (κ1) is 12.1. The molecule has 0 saturated heterocycles. The molecule has 1 aliphatic carbocycles. The third-order valence-corrected chi connectivity index (χ3v) is 3.23. The molecule has 0 aliphatic heterocycles. The Hall–Kier alpha value is -1.39. The van der Waals surface area contributed by atoms with Crippen LogP contribution in [-0.2, 0) is 14.9 Å². The fourth-order valence-corrected chi connectivity index (χ4v) is 1.72. The summed E-state index contributed by atoms with van der Waals surface area (Å²) >= 11 is 0. The number of nitrogens with zero attached hydrogens (tertiary/aromatic N) is 2. The summed E-state index contributed by atoms with van der Waals surface area (Å²) < 4.78 is 10.2. The molecule has 17 heavy (non-hydrogen) atoms. The maximum Gasteiger partial charge on any atom is 0.321 e. The zero-order valence-electron chi connectivity index (χ0n) is 10.5. The highest BCUT2D eigenvalue weighted by Gasteiger charge is 2.38. The molecule has 0 radical (unpaired) electrons. The van der Waals surface area contributed by atoms with Gasteiger partial charge >= 0.3 is 5.97 Å². The minimum Gasteiger partial charge on any atom is -0.465 e. The maximum absolute atomic E-state index is 11.8. The lowest BCUT2D eigenvalue weighted by molar-refractivity contribution is -0.149. The molecule has 1 aliphatic rings. The van der Waals surface area contributed by atoms with E-state index >= 15 is 0 Å². The molecule has 94 valence electrons. The zero-order valence-corrected chi connectivity index (χ0v) is 10.5. The Bertz CT molecular complexity index is 408. The molecule has 1 fully saturated rings. The monoisotopic (exact) mass is 238 g/mol. The van der Waals surface area contributed by atoms with Crippen molar-refractivity contribution in [1.29, 1.82) is 0 Å². The Labute approximate surface area is 101 Å². The quantitative estimate of drug-likeness (QED) is 0.752. The van der Waals surface area contributed by atoms with Crippen LogP contribution in [0.25, 0.3) is 0 Å². The molecule has 1 aromatic heterocycles. The van der Waals surface area contributed by atoms with Crippen LogP contribution < -0.4 is 0 Å². The Balaban J connectivity index is 2.14. The van der Waals surface area contributed by atoms with Crippen LogP contribution in [-0.4, -0.2) is 22.7 Å². The largest absolute Gasteiger partial charge is 0.465 e. The summed E-state index contributed by atoms with van der Waals surface area (Å²) in [6, 6.07) is 0. The summed E-state index contributed by atoms with van der Waals surface area (Å²) in [5.74, 6) is 1.15. The highest BCUT2D eigenvalue weighted by atomic mass is 16.5. The lowest BCUT2D eigenvalue weighted by Gasteiger charge is -2.21. The Morgan fingerprint density at radius 1 is 1.53 bits per heavy atom. The number of carbonyl (C=O) groups is 1. The Kier molecular flexibility index (Phi) is 3.17. The summed E-state index contributed by atoms with van der Waals surface area (Å²) in [7, 11) is 0. The number of hydrogen-bond donors (Lipinski definition) is 0. The minimum absolute atomic E-state index is 0.330. The SMILES string of the molecule is CCOC(=O)C(C)(C)c1nc(C2CCC2)no1. The number of ether oxygens (including phenoxy) is 1. The lowest BCUT2D eigenvalue weighted by Crippen LogP contribution is -2.31. The molecule has 0 N–H and O–H groups in total. The van der Waals surface area contributed by atoms with Crippen LogP contribution in [0.3, 0.4) is 0 Å². The van der Waals surface area contributed by atoms with E-state index in [4.69, 9.17) is 9.26 Å². The summed E-state index contributed by atoms with van der Waals surface area (Å²) in [6.45, 7) is 5.61. The van der Waals surface area contributed by atoms with E-state index in [2.05, 4.69) is 10.1 Å². The van der Waals surface area contributed by atoms with Gasteiger partial charge in [0.15, 0.2) is 5.82 Å². The van der Waals surface area contributed by atoms with Crippen molar-refractivity contribution < 1.29 is 14.1 Å². The van der Waals surface area contributed by atoms with Crippen molar-refractivity contribution in [3.05, 3.63) is 11.7 Å². The van der Waals surface area contributed by atoms with Crippen LogP contribution in [0.4, 0.5) is 0 Å². The average molecular weight is 238 g/mol. The van der Waals surface area contributed by atoms with Gasteiger partial charge in [-0.25, -0.2) is 0 Å². The van der Waals surface area contributed by atoms with Gasteiger partial charge < -0.3 is 9.26 Å². The van der Waals surface area contributed by atoms with Gasteiger partial charge in [0.25, 0.3) is 0 Å². The van der Waals surface area contributed by atoms with E-state index in [-0.39, 0.29) is 5.97 Å². The standard InChI is InChI=1S/C12H18N2O3/c1-4-16-11(15)12(2,3)10-13-9(14-17-10)8-6-5-7-8/h8H,4-7H2,1-3H3. The molecule has 1 heterocycles. The highest BCUT2D eigenvalue weighted by molar-refractivity contribution is 5.80. The third-order valence-electron chi connectivity index (χ3n) is 3.23. The first-order valence-corrected chi connectivity index (χ1v) is 6.07. The van der Waals surface area contributed by atoms with Gasteiger partial charge in [0.2, 0.25) is 5.89 Å². The topological polar surface area (TPSA) is 65.2 Å². The maximum atomic E-state index is 11.8. The number of carbonyl (C=O) groups excluding carboxylic acids is 1. The second kappa shape index (κ2) is 4.47. The van der Waals surface area contributed by atoms with Crippen molar-refractivity contribution >= 4 is 5.97 Å². The summed E-state index contributed by atoms with van der Waals surface area (Å²) in [4.78, 5) is 16.1. The van der Waals surface area contributed by atoms with E-state index in [1.807, 2.05) is 0 Å². The van der Waals surface area contributed by atoms with E-state index in [1.54, 1.807) is 20.8 Å². The van der Waals surface area contributed by atoms with Gasteiger partial charge in [-0.2, -0.15) is 4.98 Å². The summed E-state index contributed by atoms with van der Waals surface area (Å²) in [5, 5.41) is 3.95. The third kappa shape index (κ3) is 2.18. The van der Waals surface area contributed by atoms with Gasteiger partial charge in [0.1, 0.15) is 5.41 Å². The average Bonchev–Trinajstić information content (AvgIpc) is 2.65. The number of aromatic nitrogens is 2. The molecule has 0 aromatic carbocycles. The van der Waals surface area contributed by atoms with Crippen LogP contribution in [0.5, 0.6) is 0 Å². The molecule has 0 unspecified atom stereocenters. The molecule has 5 nitrogen and oxygen atoms in total. The first-order valence-electron chi connectivity index (χ1n) is 6.07. The second-order valence-corrected chi connectivity index (χ2v) is 4.93. The molecule has 0 amide bonds. The van der Waals surface area contributed by atoms with Crippen molar-refractivity contribution in [2.75, 3.05) is 6.61 Å². The fraction of sp³-hybridized carbons (Fsp3) is 0.750. The number of esters is 1.